The van der Waals surface area contributed by atoms with E-state index < -0.39 is 18.6 Å². The second-order valence-corrected chi connectivity index (χ2v) is 9.50. The SMILES string of the molecule is O=C(N[C@H]1CC[C@H](c2nnc([C@H]3C[C@@H](OC(F)(F)F)C3)o2)OC1)c1nc2cc(Cl)ccc2s1. The third-order valence-corrected chi connectivity index (χ3v) is 6.90. The molecule has 1 aliphatic heterocycles. The quantitative estimate of drug-likeness (QED) is 0.536. The van der Waals surface area contributed by atoms with E-state index >= 15 is 0 Å². The van der Waals surface area contributed by atoms with E-state index in [0.29, 0.717) is 34.3 Å². The average molecular weight is 503 g/mol. The summed E-state index contributed by atoms with van der Waals surface area (Å²) in [5.41, 5.74) is 0.674. The normalized spacial score (nSPS) is 25.7. The van der Waals surface area contributed by atoms with Crippen LogP contribution in [0, 0.1) is 0 Å². The predicted octanol–water partition coefficient (Wildman–Crippen LogP) is 4.77. The monoisotopic (exact) mass is 502 g/mol. The van der Waals surface area contributed by atoms with Gasteiger partial charge in [-0.2, -0.15) is 0 Å². The fraction of sp³-hybridized carbons (Fsp3) is 0.500. The minimum atomic E-state index is -4.64. The predicted molar refractivity (Wildman–Crippen MR) is 111 cm³/mol. The van der Waals surface area contributed by atoms with Crippen molar-refractivity contribution in [3.05, 3.63) is 40.0 Å². The number of aromatic nitrogens is 3. The molecule has 3 heterocycles. The van der Waals surface area contributed by atoms with Gasteiger partial charge in [-0.1, -0.05) is 11.6 Å². The van der Waals surface area contributed by atoms with E-state index in [0.717, 1.165) is 4.70 Å². The van der Waals surface area contributed by atoms with E-state index in [1.807, 2.05) is 6.07 Å². The van der Waals surface area contributed by atoms with Gasteiger partial charge in [-0.15, -0.1) is 34.7 Å². The largest absolute Gasteiger partial charge is 0.522 e. The molecule has 2 aliphatic rings. The first-order valence-corrected chi connectivity index (χ1v) is 11.5. The number of nitrogens with one attached hydrogen (secondary N) is 1. The highest BCUT2D eigenvalue weighted by atomic mass is 35.5. The van der Waals surface area contributed by atoms with E-state index in [2.05, 4.69) is 25.2 Å². The molecule has 1 N–H and O–H groups in total. The lowest BCUT2D eigenvalue weighted by Gasteiger charge is -2.33. The maximum Gasteiger partial charge on any atom is 0.522 e. The molecule has 0 radical (unpaired) electrons. The molecule has 176 valence electrons. The van der Waals surface area contributed by atoms with Gasteiger partial charge in [-0.25, -0.2) is 4.98 Å². The first-order chi connectivity index (χ1) is 15.7. The third kappa shape index (κ3) is 5.13. The molecule has 33 heavy (non-hydrogen) atoms. The van der Waals surface area contributed by atoms with Crippen molar-refractivity contribution in [2.75, 3.05) is 6.61 Å². The molecule has 0 spiro atoms. The molecule has 1 aromatic carbocycles. The molecule has 13 heteroatoms. The summed E-state index contributed by atoms with van der Waals surface area (Å²) in [6.45, 7) is 0.260. The van der Waals surface area contributed by atoms with Gasteiger partial charge in [-0.3, -0.25) is 9.53 Å². The van der Waals surface area contributed by atoms with Crippen LogP contribution < -0.4 is 5.32 Å². The smallest absolute Gasteiger partial charge is 0.422 e. The van der Waals surface area contributed by atoms with E-state index in [9.17, 15) is 18.0 Å². The number of fused-ring (bicyclic) bond motifs is 1. The van der Waals surface area contributed by atoms with Crippen LogP contribution in [0.4, 0.5) is 13.2 Å². The van der Waals surface area contributed by atoms with Crippen molar-refractivity contribution in [2.45, 2.75) is 56.2 Å². The molecule has 2 atom stereocenters. The highest BCUT2D eigenvalue weighted by Crippen LogP contribution is 2.41. The molecule has 0 unspecified atom stereocenters. The summed E-state index contributed by atoms with van der Waals surface area (Å²) in [7, 11) is 0. The second kappa shape index (κ2) is 8.82. The first-order valence-electron chi connectivity index (χ1n) is 10.3. The molecule has 1 saturated carbocycles. The molecule has 3 aromatic rings. The second-order valence-electron chi connectivity index (χ2n) is 8.03. The van der Waals surface area contributed by atoms with Crippen LogP contribution in [0.2, 0.25) is 5.02 Å². The van der Waals surface area contributed by atoms with Crippen molar-refractivity contribution in [1.82, 2.24) is 20.5 Å². The van der Waals surface area contributed by atoms with Crippen LogP contribution in [0.5, 0.6) is 0 Å². The molecule has 1 amide bonds. The number of rotatable bonds is 5. The number of hydrogen-bond acceptors (Lipinski definition) is 8. The zero-order chi connectivity index (χ0) is 23.2. The summed E-state index contributed by atoms with van der Waals surface area (Å²) in [5, 5.41) is 11.8. The Kier molecular flexibility index (Phi) is 6.02. The van der Waals surface area contributed by atoms with Crippen molar-refractivity contribution < 1.29 is 31.9 Å². The van der Waals surface area contributed by atoms with Crippen molar-refractivity contribution in [2.24, 2.45) is 0 Å². The molecular weight excluding hydrogens is 485 g/mol. The Morgan fingerprint density at radius 2 is 2.00 bits per heavy atom. The zero-order valence-corrected chi connectivity index (χ0v) is 18.5. The average Bonchev–Trinajstić information content (AvgIpc) is 3.37. The topological polar surface area (TPSA) is 99.4 Å². The molecule has 1 saturated heterocycles. The summed E-state index contributed by atoms with van der Waals surface area (Å²) in [6, 6.07) is 5.09. The van der Waals surface area contributed by atoms with E-state index in [-0.39, 0.29) is 43.2 Å². The molecule has 2 aromatic heterocycles. The van der Waals surface area contributed by atoms with Gasteiger partial charge in [0.15, 0.2) is 5.01 Å². The Morgan fingerprint density at radius 3 is 2.73 bits per heavy atom. The number of amides is 1. The van der Waals surface area contributed by atoms with Crippen LogP contribution in [-0.4, -0.2) is 46.2 Å². The van der Waals surface area contributed by atoms with Gasteiger partial charge >= 0.3 is 6.36 Å². The van der Waals surface area contributed by atoms with Gasteiger partial charge in [0, 0.05) is 10.9 Å². The Morgan fingerprint density at radius 1 is 1.21 bits per heavy atom. The van der Waals surface area contributed by atoms with E-state index in [1.165, 1.54) is 11.3 Å². The minimum absolute atomic E-state index is 0.179. The third-order valence-electron chi connectivity index (χ3n) is 5.63. The number of hydrogen-bond donors (Lipinski definition) is 1. The zero-order valence-electron chi connectivity index (χ0n) is 17.0. The molecule has 8 nitrogen and oxygen atoms in total. The maximum absolute atomic E-state index is 12.6. The van der Waals surface area contributed by atoms with Gasteiger partial charge in [0.25, 0.3) is 5.91 Å². The Bertz CT molecular complexity index is 1160. The Balaban J connectivity index is 1.11. The van der Waals surface area contributed by atoms with Crippen LogP contribution in [0.1, 0.15) is 59.3 Å². The standard InChI is InChI=1S/C20H18ClF3N4O4S/c21-10-1-4-15-13(7-10)26-19(33-15)16(29)25-11-2-3-14(30-8-11)18-28-27-17(31-18)9-5-12(6-9)32-20(22,23)24/h1,4,7,9,11-12,14H,2-3,5-6,8H2,(H,25,29)/t9-,11-,12+,14+/m0/s1. The number of nitrogens with zero attached hydrogens (tertiary/aromatic N) is 3. The van der Waals surface area contributed by atoms with Gasteiger partial charge in [-0.05, 0) is 43.9 Å². The Hall–Kier alpha value is -2.28. The summed E-state index contributed by atoms with van der Waals surface area (Å²) in [5.74, 6) is 0.0537. The van der Waals surface area contributed by atoms with Crippen LogP contribution in [-0.2, 0) is 9.47 Å². The highest BCUT2D eigenvalue weighted by molar-refractivity contribution is 7.20. The van der Waals surface area contributed by atoms with Crippen LogP contribution in [0.15, 0.2) is 22.6 Å². The summed E-state index contributed by atoms with van der Waals surface area (Å²) < 4.78 is 53.1. The van der Waals surface area contributed by atoms with Crippen LogP contribution >= 0.6 is 22.9 Å². The van der Waals surface area contributed by atoms with E-state index in [4.69, 9.17) is 20.8 Å². The minimum Gasteiger partial charge on any atom is -0.422 e. The molecule has 2 fully saturated rings. The molecule has 5 rings (SSSR count). The van der Waals surface area contributed by atoms with Gasteiger partial charge < -0.3 is 14.5 Å². The van der Waals surface area contributed by atoms with E-state index in [1.54, 1.807) is 12.1 Å². The van der Waals surface area contributed by atoms with Crippen LogP contribution in [0.3, 0.4) is 0 Å². The molecular formula is C20H18ClF3N4O4S. The first kappa shape index (κ1) is 22.5. The fourth-order valence-corrected chi connectivity index (χ4v) is 4.91. The number of thiazole rings is 1. The van der Waals surface area contributed by atoms with Crippen LogP contribution in [0.25, 0.3) is 10.2 Å². The molecule has 0 bridgehead atoms. The number of carbonyl (C=O) groups is 1. The lowest BCUT2D eigenvalue weighted by atomic mass is 9.82. The maximum atomic E-state index is 12.6. The van der Waals surface area contributed by atoms with Crippen molar-refractivity contribution in [1.29, 1.82) is 0 Å². The number of carbonyl (C=O) groups excluding carboxylic acids is 1. The lowest BCUT2D eigenvalue weighted by Crippen LogP contribution is -2.41. The number of benzene rings is 1. The van der Waals surface area contributed by atoms with Gasteiger partial charge in [0.05, 0.1) is 29.0 Å². The molecule has 1 aliphatic carbocycles. The number of alkyl halides is 3. The summed E-state index contributed by atoms with van der Waals surface area (Å²) >= 11 is 7.26. The number of halogens is 4. The number of ether oxygens (including phenoxy) is 2. The van der Waals surface area contributed by atoms with Gasteiger partial charge in [0.2, 0.25) is 11.8 Å². The summed E-state index contributed by atoms with van der Waals surface area (Å²) in [6.07, 6.45) is -4.41. The van der Waals surface area contributed by atoms with Crippen molar-refractivity contribution in [3.8, 4) is 0 Å². The highest BCUT2D eigenvalue weighted by Gasteiger charge is 2.42. The van der Waals surface area contributed by atoms with Gasteiger partial charge in [0.1, 0.15) is 6.10 Å². The Labute approximate surface area is 194 Å². The lowest BCUT2D eigenvalue weighted by molar-refractivity contribution is -0.352. The van der Waals surface area contributed by atoms with Crippen molar-refractivity contribution >= 4 is 39.1 Å². The summed E-state index contributed by atoms with van der Waals surface area (Å²) in [4.78, 5) is 16.9. The fourth-order valence-electron chi connectivity index (χ4n) is 3.90. The van der Waals surface area contributed by atoms with Crippen molar-refractivity contribution in [3.63, 3.8) is 0 Å².